The third kappa shape index (κ3) is 5.64. The predicted molar refractivity (Wildman–Crippen MR) is 131 cm³/mol. The summed E-state index contributed by atoms with van der Waals surface area (Å²) < 4.78 is 14.5. The third-order valence-corrected chi connectivity index (χ3v) is 6.57. The maximum Gasteiger partial charge on any atom is 0.223 e. The first-order chi connectivity index (χ1) is 17.4. The van der Waals surface area contributed by atoms with E-state index in [9.17, 15) is 9.18 Å². The molecule has 0 atom stereocenters. The van der Waals surface area contributed by atoms with Crippen LogP contribution in [0.3, 0.4) is 0 Å². The van der Waals surface area contributed by atoms with Crippen LogP contribution in [-0.2, 0) is 17.8 Å². The van der Waals surface area contributed by atoms with Crippen molar-refractivity contribution in [3.63, 3.8) is 0 Å². The van der Waals surface area contributed by atoms with E-state index in [2.05, 4.69) is 25.6 Å². The van der Waals surface area contributed by atoms with Gasteiger partial charge in [-0.1, -0.05) is 6.07 Å². The van der Waals surface area contributed by atoms with Gasteiger partial charge in [-0.25, -0.2) is 24.0 Å². The number of aryl methyl sites for hydroxylation is 2. The van der Waals surface area contributed by atoms with Crippen LogP contribution in [0.25, 0.3) is 5.82 Å². The molecule has 1 saturated carbocycles. The average molecular weight is 489 g/mol. The van der Waals surface area contributed by atoms with Crippen molar-refractivity contribution in [1.82, 2.24) is 40.2 Å². The second-order valence-corrected chi connectivity index (χ2v) is 9.47. The highest BCUT2D eigenvalue weighted by Gasteiger charge is 2.28. The number of amides is 1. The van der Waals surface area contributed by atoms with Gasteiger partial charge in [-0.3, -0.25) is 9.89 Å². The summed E-state index contributed by atoms with van der Waals surface area (Å²) in [5.41, 5.74) is 4.81. The minimum absolute atomic E-state index is 0.0168. The maximum absolute atomic E-state index is 13.1. The normalized spacial score (nSPS) is 17.8. The number of nitrogens with zero attached hydrogens (tertiary/aromatic N) is 6. The summed E-state index contributed by atoms with van der Waals surface area (Å²) in [6, 6.07) is 7.66. The number of hydrogen-bond donors (Lipinski definition) is 2. The average Bonchev–Trinajstić information content (AvgIpc) is 3.50. The van der Waals surface area contributed by atoms with E-state index in [-0.39, 0.29) is 17.7 Å². The van der Waals surface area contributed by atoms with Gasteiger partial charge in [-0.15, -0.1) is 0 Å². The van der Waals surface area contributed by atoms with Crippen LogP contribution in [0.1, 0.15) is 65.8 Å². The van der Waals surface area contributed by atoms with Crippen molar-refractivity contribution >= 4 is 5.91 Å². The number of carbonyl (C=O) groups is 1. The summed E-state index contributed by atoms with van der Waals surface area (Å²) in [7, 11) is 0. The molecule has 4 heterocycles. The molecule has 9 nitrogen and oxygen atoms in total. The van der Waals surface area contributed by atoms with Crippen molar-refractivity contribution in [3.05, 3.63) is 82.8 Å². The number of pyridine rings is 1. The van der Waals surface area contributed by atoms with E-state index in [0.29, 0.717) is 18.8 Å². The van der Waals surface area contributed by atoms with Crippen molar-refractivity contribution in [1.29, 1.82) is 0 Å². The van der Waals surface area contributed by atoms with Crippen molar-refractivity contribution in [2.24, 2.45) is 5.92 Å². The largest absolute Gasteiger partial charge is 0.352 e. The predicted octanol–water partition coefficient (Wildman–Crippen LogP) is 3.72. The van der Waals surface area contributed by atoms with Crippen LogP contribution in [-0.4, -0.2) is 40.8 Å². The van der Waals surface area contributed by atoms with Crippen LogP contribution in [0.2, 0.25) is 0 Å². The van der Waals surface area contributed by atoms with Gasteiger partial charge in [0.2, 0.25) is 5.91 Å². The van der Waals surface area contributed by atoms with Crippen molar-refractivity contribution < 1.29 is 9.18 Å². The lowest BCUT2D eigenvalue weighted by Gasteiger charge is -2.27. The first-order valence-electron chi connectivity index (χ1n) is 12.2. The fourth-order valence-corrected chi connectivity index (χ4v) is 4.71. The fraction of sp³-hybridized carbons (Fsp3) is 0.385. The number of H-pyrrole nitrogens is 1. The van der Waals surface area contributed by atoms with E-state index in [4.69, 9.17) is 9.97 Å². The fourth-order valence-electron chi connectivity index (χ4n) is 4.71. The van der Waals surface area contributed by atoms with Gasteiger partial charge in [-0.05, 0) is 63.3 Å². The summed E-state index contributed by atoms with van der Waals surface area (Å²) in [5, 5.41) is 14.2. The van der Waals surface area contributed by atoms with E-state index < -0.39 is 5.82 Å². The van der Waals surface area contributed by atoms with E-state index in [1.54, 1.807) is 12.3 Å². The molecule has 1 aliphatic carbocycles. The Balaban J connectivity index is 1.13. The lowest BCUT2D eigenvalue weighted by Crippen LogP contribution is -2.32. The molecule has 2 N–H and O–H groups in total. The number of aromatic amines is 1. The number of aromatic nitrogens is 7. The molecule has 4 aromatic rings. The van der Waals surface area contributed by atoms with E-state index in [1.807, 2.05) is 32.0 Å². The molecule has 0 saturated heterocycles. The highest BCUT2D eigenvalue weighted by molar-refractivity contribution is 5.78. The van der Waals surface area contributed by atoms with Crippen molar-refractivity contribution in [3.8, 4) is 5.82 Å². The van der Waals surface area contributed by atoms with Crippen molar-refractivity contribution in [2.75, 3.05) is 0 Å². The quantitative estimate of drug-likeness (QED) is 0.410. The molecule has 1 fully saturated rings. The third-order valence-electron chi connectivity index (χ3n) is 6.57. The molecule has 0 spiro atoms. The monoisotopic (exact) mass is 488 g/mol. The molecule has 0 bridgehead atoms. The van der Waals surface area contributed by atoms with Gasteiger partial charge < -0.3 is 5.32 Å². The first kappa shape index (κ1) is 23.8. The lowest BCUT2D eigenvalue weighted by molar-refractivity contribution is -0.126. The van der Waals surface area contributed by atoms with Gasteiger partial charge in [0.25, 0.3) is 0 Å². The van der Waals surface area contributed by atoms with E-state index in [1.165, 1.54) is 10.9 Å². The van der Waals surface area contributed by atoms with Gasteiger partial charge in [0.1, 0.15) is 5.82 Å². The molecule has 1 amide bonds. The Hall–Kier alpha value is -3.95. The SMILES string of the molecule is Cc1cc(Cc2cc(C)[nH]n2)nc(C2CCC(C(=O)NCc3ccc(-n4cc(F)cn4)nc3)CC2)n1. The Bertz CT molecular complexity index is 1340. The Labute approximate surface area is 208 Å². The second-order valence-electron chi connectivity index (χ2n) is 9.47. The van der Waals surface area contributed by atoms with Gasteiger partial charge >= 0.3 is 0 Å². The smallest absolute Gasteiger partial charge is 0.223 e. The molecule has 0 aliphatic heterocycles. The minimum atomic E-state index is -0.415. The van der Waals surface area contributed by atoms with Crippen LogP contribution >= 0.6 is 0 Å². The highest BCUT2D eigenvalue weighted by Crippen LogP contribution is 2.34. The zero-order valence-electron chi connectivity index (χ0n) is 20.4. The summed E-state index contributed by atoms with van der Waals surface area (Å²) in [4.78, 5) is 26.6. The Morgan fingerprint density at radius 3 is 2.61 bits per heavy atom. The van der Waals surface area contributed by atoms with Gasteiger partial charge in [-0.2, -0.15) is 10.2 Å². The molecular formula is C26H29FN8O. The minimum Gasteiger partial charge on any atom is -0.352 e. The molecule has 0 radical (unpaired) electrons. The summed E-state index contributed by atoms with van der Waals surface area (Å²) in [6.45, 7) is 4.38. The molecule has 0 unspecified atom stereocenters. The van der Waals surface area contributed by atoms with E-state index in [0.717, 1.165) is 66.0 Å². The molecular weight excluding hydrogens is 459 g/mol. The number of rotatable bonds is 7. The summed E-state index contributed by atoms with van der Waals surface area (Å²) >= 11 is 0. The number of hydrogen-bond acceptors (Lipinski definition) is 6. The summed E-state index contributed by atoms with van der Waals surface area (Å²) in [6.07, 6.45) is 8.14. The standard InChI is InChI=1S/C26H29FN8O/c1-16-9-22(11-23-10-17(2)33-34-23)32-25(31-16)19-4-6-20(7-5-19)26(36)29-13-18-3-8-24(28-12-18)35-15-21(27)14-30-35/h3,8-10,12,14-15,19-20H,4-7,11,13H2,1-2H3,(H,29,36)(H,33,34). The van der Waals surface area contributed by atoms with Crippen LogP contribution < -0.4 is 5.32 Å². The van der Waals surface area contributed by atoms with Gasteiger partial charge in [0.05, 0.1) is 23.8 Å². The van der Waals surface area contributed by atoms with Crippen molar-refractivity contribution in [2.45, 2.75) is 58.4 Å². The molecule has 10 heteroatoms. The molecule has 1 aliphatic rings. The van der Waals surface area contributed by atoms with E-state index >= 15 is 0 Å². The molecule has 0 aromatic carbocycles. The molecule has 4 aromatic heterocycles. The molecule has 5 rings (SSSR count). The van der Waals surface area contributed by atoms with Crippen LogP contribution in [0.4, 0.5) is 4.39 Å². The maximum atomic E-state index is 13.1. The van der Waals surface area contributed by atoms with Gasteiger partial charge in [0.15, 0.2) is 11.6 Å². The zero-order chi connectivity index (χ0) is 25.1. The number of carbonyl (C=O) groups excluding carboxylic acids is 1. The molecule has 186 valence electrons. The number of nitrogens with one attached hydrogen (secondary N) is 2. The first-order valence-corrected chi connectivity index (χ1v) is 12.2. The zero-order valence-corrected chi connectivity index (χ0v) is 20.4. The van der Waals surface area contributed by atoms with Crippen LogP contribution in [0.15, 0.2) is 42.9 Å². The number of halogens is 1. The lowest BCUT2D eigenvalue weighted by atomic mass is 9.81. The Kier molecular flexibility index (Phi) is 6.84. The topological polar surface area (TPSA) is 114 Å². The summed E-state index contributed by atoms with van der Waals surface area (Å²) in [5.74, 6) is 1.29. The molecule has 36 heavy (non-hydrogen) atoms. The van der Waals surface area contributed by atoms with Crippen LogP contribution in [0.5, 0.6) is 0 Å². The van der Waals surface area contributed by atoms with Gasteiger partial charge in [0, 0.05) is 42.4 Å². The second kappa shape index (κ2) is 10.3. The Morgan fingerprint density at radius 1 is 1.11 bits per heavy atom. The Morgan fingerprint density at radius 2 is 1.94 bits per heavy atom. The van der Waals surface area contributed by atoms with Crippen LogP contribution in [0, 0.1) is 25.6 Å². The highest BCUT2D eigenvalue weighted by atomic mass is 19.1.